The molecule has 1 heterocycles. The molecule has 0 saturated heterocycles. The minimum atomic E-state index is -0.177. The van der Waals surface area contributed by atoms with Crippen LogP contribution in [0.3, 0.4) is 0 Å². The summed E-state index contributed by atoms with van der Waals surface area (Å²) < 4.78 is 1.71. The summed E-state index contributed by atoms with van der Waals surface area (Å²) in [6.45, 7) is 4.44. The molecule has 5 aromatic rings. The van der Waals surface area contributed by atoms with Crippen molar-refractivity contribution in [2.75, 3.05) is 27.9 Å². The molecule has 0 atom stereocenters. The first kappa shape index (κ1) is 29.6. The van der Waals surface area contributed by atoms with Crippen LogP contribution >= 0.6 is 34.9 Å². The summed E-state index contributed by atoms with van der Waals surface area (Å²) in [4.78, 5) is 41.9. The first-order valence-electron chi connectivity index (χ1n) is 13.4. The number of carbonyl (C=O) groups excluding carboxylic acids is 3. The summed E-state index contributed by atoms with van der Waals surface area (Å²) >= 11 is 4.14. The standard InChI is InChI=1S/C32H30N4O3S3/c1-20-10-12-26(21(2)14-20)35-31(39)19-41-32-36-27-13-11-24(15-28(27)42-32)34-30(38)18-40-17-29(37)33-16-23-8-5-7-22-6-3-4-9-25(22)23/h3-15H,16-19H2,1-2H3,(H,33,37)(H,34,38)(H,35,39). The van der Waals surface area contributed by atoms with Gasteiger partial charge in [0.25, 0.3) is 0 Å². The number of nitrogens with one attached hydrogen (secondary N) is 3. The molecule has 4 aromatic carbocycles. The number of hydrogen-bond donors (Lipinski definition) is 3. The number of rotatable bonds is 11. The fourth-order valence-corrected chi connectivity index (χ4v) is 6.99. The highest BCUT2D eigenvalue weighted by molar-refractivity contribution is 8.01. The van der Waals surface area contributed by atoms with Crippen LogP contribution in [0.5, 0.6) is 0 Å². The van der Waals surface area contributed by atoms with Gasteiger partial charge in [-0.3, -0.25) is 14.4 Å². The maximum Gasteiger partial charge on any atom is 0.234 e. The molecule has 7 nitrogen and oxygen atoms in total. The van der Waals surface area contributed by atoms with E-state index in [0.29, 0.717) is 12.2 Å². The van der Waals surface area contributed by atoms with Crippen LogP contribution in [0.1, 0.15) is 16.7 Å². The lowest BCUT2D eigenvalue weighted by Gasteiger charge is -2.09. The molecule has 0 unspecified atom stereocenters. The van der Waals surface area contributed by atoms with E-state index in [1.54, 1.807) is 0 Å². The second-order valence-corrected chi connectivity index (χ2v) is 13.0. The molecular weight excluding hydrogens is 585 g/mol. The SMILES string of the molecule is Cc1ccc(NC(=O)CSc2nc3ccc(NC(=O)CSCC(=O)NCc4cccc5ccccc45)cc3s2)c(C)c1. The quantitative estimate of drug-likeness (QED) is 0.142. The van der Waals surface area contributed by atoms with Crippen molar-refractivity contribution in [1.29, 1.82) is 0 Å². The van der Waals surface area contributed by atoms with Crippen molar-refractivity contribution in [3.8, 4) is 0 Å². The van der Waals surface area contributed by atoms with E-state index < -0.39 is 0 Å². The Morgan fingerprint density at radius 2 is 1.60 bits per heavy atom. The monoisotopic (exact) mass is 614 g/mol. The Labute approximate surface area is 256 Å². The van der Waals surface area contributed by atoms with Crippen molar-refractivity contribution in [2.24, 2.45) is 0 Å². The van der Waals surface area contributed by atoms with Crippen molar-refractivity contribution >= 4 is 84.9 Å². The largest absolute Gasteiger partial charge is 0.351 e. The van der Waals surface area contributed by atoms with E-state index in [0.717, 1.165) is 47.7 Å². The van der Waals surface area contributed by atoms with Gasteiger partial charge in [-0.05, 0) is 60.0 Å². The number of hydrogen-bond acceptors (Lipinski definition) is 7. The third kappa shape index (κ3) is 7.90. The van der Waals surface area contributed by atoms with E-state index in [-0.39, 0.29) is 35.0 Å². The van der Waals surface area contributed by atoms with Gasteiger partial charge in [-0.15, -0.1) is 23.1 Å². The number of aromatic nitrogens is 1. The van der Waals surface area contributed by atoms with Crippen LogP contribution in [-0.4, -0.2) is 40.0 Å². The zero-order valence-corrected chi connectivity index (χ0v) is 25.7. The molecule has 0 spiro atoms. The van der Waals surface area contributed by atoms with Crippen LogP contribution in [0.25, 0.3) is 21.0 Å². The van der Waals surface area contributed by atoms with Gasteiger partial charge in [-0.25, -0.2) is 4.98 Å². The predicted molar refractivity (Wildman–Crippen MR) is 177 cm³/mol. The highest BCUT2D eigenvalue weighted by Gasteiger charge is 2.12. The Hall–Kier alpha value is -3.86. The number of fused-ring (bicyclic) bond motifs is 2. The van der Waals surface area contributed by atoms with Crippen molar-refractivity contribution in [1.82, 2.24) is 10.3 Å². The zero-order valence-electron chi connectivity index (χ0n) is 23.2. The average Bonchev–Trinajstić information content (AvgIpc) is 3.39. The number of aryl methyl sites for hydroxylation is 2. The Morgan fingerprint density at radius 1 is 0.810 bits per heavy atom. The molecule has 3 amide bonds. The van der Waals surface area contributed by atoms with E-state index in [1.165, 1.54) is 34.9 Å². The second-order valence-electron chi connectivity index (χ2n) is 9.77. The molecule has 0 aliphatic carbocycles. The summed E-state index contributed by atoms with van der Waals surface area (Å²) in [6.07, 6.45) is 0. The smallest absolute Gasteiger partial charge is 0.234 e. The van der Waals surface area contributed by atoms with Crippen LogP contribution in [0, 0.1) is 13.8 Å². The molecule has 0 radical (unpaired) electrons. The van der Waals surface area contributed by atoms with Crippen molar-refractivity contribution < 1.29 is 14.4 Å². The maximum absolute atomic E-state index is 12.5. The summed E-state index contributed by atoms with van der Waals surface area (Å²) in [7, 11) is 0. The number of nitrogens with zero attached hydrogens (tertiary/aromatic N) is 1. The Morgan fingerprint density at radius 3 is 2.45 bits per heavy atom. The number of benzene rings is 4. The molecular formula is C32H30N4O3S3. The lowest BCUT2D eigenvalue weighted by atomic mass is 10.0. The summed E-state index contributed by atoms with van der Waals surface area (Å²) in [6, 6.07) is 25.6. The third-order valence-electron chi connectivity index (χ3n) is 6.46. The molecule has 0 aliphatic rings. The lowest BCUT2D eigenvalue weighted by molar-refractivity contribution is -0.118. The third-order valence-corrected chi connectivity index (χ3v) is 9.55. The van der Waals surface area contributed by atoms with Crippen LogP contribution in [0.4, 0.5) is 11.4 Å². The summed E-state index contributed by atoms with van der Waals surface area (Å²) in [5, 5.41) is 11.1. The minimum Gasteiger partial charge on any atom is -0.351 e. The fourth-order valence-electron chi connectivity index (χ4n) is 4.44. The van der Waals surface area contributed by atoms with Crippen molar-refractivity contribution in [3.05, 3.63) is 95.6 Å². The zero-order chi connectivity index (χ0) is 29.5. The van der Waals surface area contributed by atoms with Gasteiger partial charge in [0.1, 0.15) is 0 Å². The average molecular weight is 615 g/mol. The first-order chi connectivity index (χ1) is 20.3. The van der Waals surface area contributed by atoms with Gasteiger partial charge < -0.3 is 16.0 Å². The molecule has 5 rings (SSSR count). The number of carbonyl (C=O) groups is 3. The van der Waals surface area contributed by atoms with E-state index in [9.17, 15) is 14.4 Å². The number of thiazole rings is 1. The summed E-state index contributed by atoms with van der Waals surface area (Å²) in [5.74, 6) is 0.244. The number of anilines is 2. The minimum absolute atomic E-state index is 0.0843. The molecule has 3 N–H and O–H groups in total. The van der Waals surface area contributed by atoms with Gasteiger partial charge in [0, 0.05) is 17.9 Å². The van der Waals surface area contributed by atoms with Gasteiger partial charge in [0.05, 0.1) is 27.5 Å². The normalized spacial score (nSPS) is 11.0. The predicted octanol–water partition coefficient (Wildman–Crippen LogP) is 6.79. The molecule has 42 heavy (non-hydrogen) atoms. The maximum atomic E-state index is 12.5. The second kappa shape index (κ2) is 13.9. The van der Waals surface area contributed by atoms with Gasteiger partial charge >= 0.3 is 0 Å². The van der Waals surface area contributed by atoms with E-state index in [2.05, 4.69) is 33.1 Å². The molecule has 0 aliphatic heterocycles. The van der Waals surface area contributed by atoms with Crippen LogP contribution < -0.4 is 16.0 Å². The van der Waals surface area contributed by atoms with E-state index in [4.69, 9.17) is 0 Å². The lowest BCUT2D eigenvalue weighted by Crippen LogP contribution is -2.25. The Kier molecular flexibility index (Phi) is 9.78. The highest BCUT2D eigenvalue weighted by atomic mass is 32.2. The molecule has 0 bridgehead atoms. The highest BCUT2D eigenvalue weighted by Crippen LogP contribution is 2.31. The van der Waals surface area contributed by atoms with Crippen molar-refractivity contribution in [2.45, 2.75) is 24.7 Å². The topological polar surface area (TPSA) is 100 Å². The fraction of sp³-hybridized carbons (Fsp3) is 0.188. The molecule has 10 heteroatoms. The van der Waals surface area contributed by atoms with Crippen LogP contribution in [0.2, 0.25) is 0 Å². The van der Waals surface area contributed by atoms with E-state index in [1.807, 2.05) is 80.6 Å². The summed E-state index contributed by atoms with van der Waals surface area (Å²) in [5.41, 5.74) is 5.54. The van der Waals surface area contributed by atoms with Gasteiger partial charge in [-0.1, -0.05) is 71.9 Å². The molecule has 214 valence electrons. The Balaban J connectivity index is 1.05. The molecule has 0 fully saturated rings. The van der Waals surface area contributed by atoms with Crippen LogP contribution in [-0.2, 0) is 20.9 Å². The van der Waals surface area contributed by atoms with Gasteiger partial charge in [0.15, 0.2) is 4.34 Å². The van der Waals surface area contributed by atoms with Gasteiger partial charge in [0.2, 0.25) is 17.7 Å². The van der Waals surface area contributed by atoms with Crippen LogP contribution in [0.15, 0.2) is 83.2 Å². The van der Waals surface area contributed by atoms with Crippen molar-refractivity contribution in [3.63, 3.8) is 0 Å². The number of amides is 3. The molecule has 1 aromatic heterocycles. The first-order valence-corrected chi connectivity index (χ1v) is 16.3. The van der Waals surface area contributed by atoms with E-state index >= 15 is 0 Å². The van der Waals surface area contributed by atoms with Gasteiger partial charge in [-0.2, -0.15) is 0 Å². The Bertz CT molecular complexity index is 1760. The molecule has 0 saturated carbocycles. The number of thioether (sulfide) groups is 2.